The molecule has 1 aliphatic rings. The Balaban J connectivity index is 1.91. The number of aliphatic imine (C=N–C) groups is 1. The topological polar surface area (TPSA) is 166 Å². The molecule has 0 unspecified atom stereocenters. The molecular formula is C23H36N6O3S2. The largest absolute Gasteiger partial charge is 0.370 e. The van der Waals surface area contributed by atoms with Gasteiger partial charge in [0.2, 0.25) is 17.7 Å². The summed E-state index contributed by atoms with van der Waals surface area (Å²) in [5, 5.41) is 6.23. The molecule has 0 aliphatic carbocycles. The van der Waals surface area contributed by atoms with Crippen molar-refractivity contribution in [2.75, 3.05) is 12.3 Å². The molecule has 1 aromatic carbocycles. The first kappa shape index (κ1) is 27.8. The molecule has 3 atom stereocenters. The Hall–Kier alpha value is -2.40. The van der Waals surface area contributed by atoms with Gasteiger partial charge in [-0.25, -0.2) is 0 Å². The zero-order chi connectivity index (χ0) is 24.8. The molecule has 0 saturated carbocycles. The third-order valence-corrected chi connectivity index (χ3v) is 8.45. The van der Waals surface area contributed by atoms with Gasteiger partial charge in [-0.1, -0.05) is 58.3 Å². The van der Waals surface area contributed by atoms with E-state index in [1.165, 1.54) is 12.2 Å². The maximum Gasteiger partial charge on any atom is 0.243 e. The molecule has 0 bridgehead atoms. The van der Waals surface area contributed by atoms with E-state index in [-0.39, 0.29) is 11.9 Å². The van der Waals surface area contributed by atoms with Gasteiger partial charge in [-0.2, -0.15) is 0 Å². The fraction of sp³-hybridized carbons (Fsp3) is 0.565. The molecule has 2 rings (SSSR count). The molecule has 0 spiro atoms. The Morgan fingerprint density at radius 1 is 1.03 bits per heavy atom. The number of hydrogen-bond acceptors (Lipinski definition) is 6. The first-order valence-corrected chi connectivity index (χ1v) is 14.0. The predicted molar refractivity (Wildman–Crippen MR) is 140 cm³/mol. The molecular weight excluding hydrogens is 472 g/mol. The second-order valence-electron chi connectivity index (χ2n) is 8.30. The molecule has 34 heavy (non-hydrogen) atoms. The molecule has 1 aliphatic heterocycles. The maximum atomic E-state index is 13.0. The number of benzene rings is 1. The first-order valence-electron chi connectivity index (χ1n) is 11.6. The molecule has 8 N–H and O–H groups in total. The highest BCUT2D eigenvalue weighted by atomic mass is 33.1. The number of amides is 3. The average Bonchev–Trinajstić information content (AvgIpc) is 3.32. The lowest BCUT2D eigenvalue weighted by atomic mass is 10.0. The Morgan fingerprint density at radius 2 is 1.79 bits per heavy atom. The van der Waals surface area contributed by atoms with Gasteiger partial charge >= 0.3 is 0 Å². The molecule has 9 nitrogen and oxygen atoms in total. The Morgan fingerprint density at radius 3 is 2.44 bits per heavy atom. The van der Waals surface area contributed by atoms with Crippen LogP contribution in [0.15, 0.2) is 35.3 Å². The van der Waals surface area contributed by atoms with Gasteiger partial charge in [0.1, 0.15) is 12.1 Å². The van der Waals surface area contributed by atoms with Gasteiger partial charge in [-0.05, 0) is 37.7 Å². The summed E-state index contributed by atoms with van der Waals surface area (Å²) < 4.78 is 0. The lowest BCUT2D eigenvalue weighted by Gasteiger charge is -2.22. The summed E-state index contributed by atoms with van der Waals surface area (Å²) in [6.07, 6.45) is 5.55. The van der Waals surface area contributed by atoms with Gasteiger partial charge in [0, 0.05) is 30.4 Å². The molecule has 0 radical (unpaired) electrons. The van der Waals surface area contributed by atoms with Crippen LogP contribution in [-0.4, -0.2) is 53.3 Å². The SMILES string of the molecule is NC(=O)[C@H](CCCN=C(N)N)NC(=O)[C@@H](Cc1ccccc1)NC(=O)CCCC[C@H]1CCSS1. The van der Waals surface area contributed by atoms with E-state index < -0.39 is 23.9 Å². The van der Waals surface area contributed by atoms with Crippen molar-refractivity contribution in [3.05, 3.63) is 35.9 Å². The van der Waals surface area contributed by atoms with Crippen LogP contribution in [0.25, 0.3) is 0 Å². The van der Waals surface area contributed by atoms with Crippen molar-refractivity contribution in [3.63, 3.8) is 0 Å². The third-order valence-electron chi connectivity index (χ3n) is 5.45. The van der Waals surface area contributed by atoms with Crippen molar-refractivity contribution >= 4 is 45.3 Å². The van der Waals surface area contributed by atoms with E-state index in [1.807, 2.05) is 51.9 Å². The number of nitrogens with one attached hydrogen (secondary N) is 2. The number of guanidine groups is 1. The second kappa shape index (κ2) is 15.5. The molecule has 1 aromatic rings. The van der Waals surface area contributed by atoms with Crippen LogP contribution in [0.1, 0.15) is 50.5 Å². The minimum absolute atomic E-state index is 0.0359. The molecule has 1 saturated heterocycles. The number of unbranched alkanes of at least 4 members (excludes halogenated alkanes) is 1. The third kappa shape index (κ3) is 11.1. The molecule has 3 amide bonds. The lowest BCUT2D eigenvalue weighted by molar-refractivity contribution is -0.131. The number of primary amides is 1. The normalized spacial score (nSPS) is 16.9. The fourth-order valence-corrected chi connectivity index (χ4v) is 6.64. The smallest absolute Gasteiger partial charge is 0.243 e. The summed E-state index contributed by atoms with van der Waals surface area (Å²) in [7, 11) is 3.85. The summed E-state index contributed by atoms with van der Waals surface area (Å²) in [6.45, 7) is 0.324. The van der Waals surface area contributed by atoms with E-state index in [2.05, 4.69) is 15.6 Å². The van der Waals surface area contributed by atoms with Crippen molar-refractivity contribution in [2.24, 2.45) is 22.2 Å². The summed E-state index contributed by atoms with van der Waals surface area (Å²) >= 11 is 0. The molecule has 188 valence electrons. The minimum atomic E-state index is -0.876. The number of carbonyl (C=O) groups is 3. The second-order valence-corrected chi connectivity index (χ2v) is 11.1. The van der Waals surface area contributed by atoms with E-state index in [9.17, 15) is 14.4 Å². The molecule has 1 fully saturated rings. The highest BCUT2D eigenvalue weighted by Crippen LogP contribution is 2.39. The van der Waals surface area contributed by atoms with Crippen LogP contribution < -0.4 is 27.8 Å². The van der Waals surface area contributed by atoms with Crippen molar-refractivity contribution < 1.29 is 14.4 Å². The van der Waals surface area contributed by atoms with E-state index in [4.69, 9.17) is 17.2 Å². The standard InChI is InChI=1S/C23H36N6O3S2/c24-21(31)18(10-6-13-27-23(25)26)29-22(32)19(15-16-7-2-1-3-8-16)28-20(30)11-5-4-9-17-12-14-33-34-17/h1-3,7-8,17-19H,4-6,9-15H2,(H2,24,31)(H,28,30)(H,29,32)(H4,25,26,27)/t17-,18-,19+/m0/s1. The zero-order valence-corrected chi connectivity index (χ0v) is 21.0. The summed E-state index contributed by atoms with van der Waals surface area (Å²) in [5.41, 5.74) is 17.0. The van der Waals surface area contributed by atoms with Gasteiger partial charge in [-0.15, -0.1) is 0 Å². The van der Waals surface area contributed by atoms with Crippen LogP contribution in [0.4, 0.5) is 0 Å². The first-order chi connectivity index (χ1) is 16.3. The van der Waals surface area contributed by atoms with Crippen LogP contribution in [0.5, 0.6) is 0 Å². The monoisotopic (exact) mass is 508 g/mol. The van der Waals surface area contributed by atoms with Crippen LogP contribution in [-0.2, 0) is 20.8 Å². The fourth-order valence-electron chi connectivity index (χ4n) is 3.61. The van der Waals surface area contributed by atoms with Gasteiger partial charge < -0.3 is 27.8 Å². The number of rotatable bonds is 15. The van der Waals surface area contributed by atoms with Gasteiger partial charge in [0.05, 0.1) is 0 Å². The zero-order valence-electron chi connectivity index (χ0n) is 19.4. The predicted octanol–water partition coefficient (Wildman–Crippen LogP) is 1.45. The number of nitrogens with zero attached hydrogens (tertiary/aromatic N) is 1. The van der Waals surface area contributed by atoms with E-state index in [0.717, 1.165) is 24.8 Å². The highest BCUT2D eigenvalue weighted by Gasteiger charge is 2.26. The van der Waals surface area contributed by atoms with Gasteiger partial charge in [0.25, 0.3) is 0 Å². The van der Waals surface area contributed by atoms with Crippen LogP contribution >= 0.6 is 21.6 Å². The number of nitrogens with two attached hydrogens (primary N) is 3. The van der Waals surface area contributed by atoms with Crippen molar-refractivity contribution in [3.8, 4) is 0 Å². The van der Waals surface area contributed by atoms with Crippen molar-refractivity contribution in [1.29, 1.82) is 0 Å². The quantitative estimate of drug-likeness (QED) is 0.103. The highest BCUT2D eigenvalue weighted by molar-refractivity contribution is 8.77. The van der Waals surface area contributed by atoms with Gasteiger partial charge in [0.15, 0.2) is 5.96 Å². The van der Waals surface area contributed by atoms with Crippen LogP contribution in [0.2, 0.25) is 0 Å². The number of carbonyl (C=O) groups excluding carboxylic acids is 3. The van der Waals surface area contributed by atoms with Crippen molar-refractivity contribution in [2.45, 2.75) is 68.7 Å². The number of hydrogen-bond donors (Lipinski definition) is 5. The molecule has 11 heteroatoms. The van der Waals surface area contributed by atoms with Crippen LogP contribution in [0, 0.1) is 0 Å². The summed E-state index contributed by atoms with van der Waals surface area (Å²) in [4.78, 5) is 41.4. The molecule has 0 aromatic heterocycles. The molecule has 1 heterocycles. The summed E-state index contributed by atoms with van der Waals surface area (Å²) in [6, 6.07) is 7.74. The maximum absolute atomic E-state index is 13.0. The van der Waals surface area contributed by atoms with Gasteiger partial charge in [-0.3, -0.25) is 19.4 Å². The van der Waals surface area contributed by atoms with E-state index in [0.29, 0.717) is 37.5 Å². The summed E-state index contributed by atoms with van der Waals surface area (Å²) in [5.74, 6) is -0.0979. The Bertz CT molecular complexity index is 814. The van der Waals surface area contributed by atoms with E-state index >= 15 is 0 Å². The van der Waals surface area contributed by atoms with Crippen LogP contribution in [0.3, 0.4) is 0 Å². The Labute approximate surface area is 209 Å². The van der Waals surface area contributed by atoms with Crippen molar-refractivity contribution in [1.82, 2.24) is 10.6 Å². The van der Waals surface area contributed by atoms with E-state index in [1.54, 1.807) is 0 Å². The minimum Gasteiger partial charge on any atom is -0.370 e. The lowest BCUT2D eigenvalue weighted by Crippen LogP contribution is -2.53. The average molecular weight is 509 g/mol. The Kier molecular flexibility index (Phi) is 12.7.